The molecule has 0 saturated carbocycles. The van der Waals surface area contributed by atoms with Gasteiger partial charge in [0.1, 0.15) is 0 Å². The van der Waals surface area contributed by atoms with Gasteiger partial charge in [0.25, 0.3) is 0 Å². The van der Waals surface area contributed by atoms with E-state index in [-0.39, 0.29) is 5.91 Å². The molecular weight excluding hydrogens is 202 g/mol. The van der Waals surface area contributed by atoms with Gasteiger partial charge in [-0.25, -0.2) is 0 Å². The van der Waals surface area contributed by atoms with Crippen molar-refractivity contribution in [1.29, 1.82) is 0 Å². The van der Waals surface area contributed by atoms with Crippen molar-refractivity contribution in [3.63, 3.8) is 0 Å². The van der Waals surface area contributed by atoms with E-state index in [2.05, 4.69) is 18.7 Å². The number of rotatable bonds is 4. The zero-order chi connectivity index (χ0) is 12.1. The van der Waals surface area contributed by atoms with Crippen molar-refractivity contribution >= 4 is 5.91 Å². The molecule has 1 saturated heterocycles. The van der Waals surface area contributed by atoms with Crippen LogP contribution in [-0.4, -0.2) is 54.0 Å². The number of likely N-dealkylation sites (N-methyl/N-ethyl adjacent to an activating group) is 1. The molecule has 1 aliphatic rings. The van der Waals surface area contributed by atoms with Gasteiger partial charge in [-0.3, -0.25) is 9.69 Å². The highest BCUT2D eigenvalue weighted by Crippen LogP contribution is 2.09. The zero-order valence-electron chi connectivity index (χ0n) is 10.8. The molecule has 94 valence electrons. The van der Waals surface area contributed by atoms with E-state index in [0.717, 1.165) is 32.5 Å². The lowest BCUT2D eigenvalue weighted by atomic mass is 10.1. The van der Waals surface area contributed by atoms with Crippen LogP contribution in [0.15, 0.2) is 0 Å². The summed E-state index contributed by atoms with van der Waals surface area (Å²) in [5.74, 6) is 0.243. The number of carbonyl (C=O) groups excluding carboxylic acids is 1. The van der Waals surface area contributed by atoms with Gasteiger partial charge in [-0.05, 0) is 33.6 Å². The van der Waals surface area contributed by atoms with E-state index in [1.165, 1.54) is 0 Å². The van der Waals surface area contributed by atoms with Gasteiger partial charge in [-0.2, -0.15) is 0 Å². The minimum absolute atomic E-state index is 0.243. The first-order valence-corrected chi connectivity index (χ1v) is 6.32. The third-order valence-electron chi connectivity index (χ3n) is 3.28. The summed E-state index contributed by atoms with van der Waals surface area (Å²) >= 11 is 0. The van der Waals surface area contributed by atoms with Crippen LogP contribution in [0.5, 0.6) is 0 Å². The normalized spacial score (nSPS) is 19.1. The highest BCUT2D eigenvalue weighted by Gasteiger charge is 2.21. The topological polar surface area (TPSA) is 49.6 Å². The summed E-state index contributed by atoms with van der Waals surface area (Å²) in [5, 5.41) is 0. The monoisotopic (exact) mass is 227 g/mol. The average molecular weight is 227 g/mol. The van der Waals surface area contributed by atoms with E-state index in [0.29, 0.717) is 18.6 Å². The maximum atomic E-state index is 12.0. The average Bonchev–Trinajstić information content (AvgIpc) is 2.22. The number of hydrogen-bond acceptors (Lipinski definition) is 3. The number of nitrogens with zero attached hydrogens (tertiary/aromatic N) is 2. The molecule has 1 aliphatic heterocycles. The van der Waals surface area contributed by atoms with Crippen molar-refractivity contribution in [3.05, 3.63) is 0 Å². The summed E-state index contributed by atoms with van der Waals surface area (Å²) in [4.78, 5) is 16.2. The van der Waals surface area contributed by atoms with Gasteiger partial charge in [0, 0.05) is 31.7 Å². The predicted octanol–water partition coefficient (Wildman–Crippen LogP) is 0.666. The highest BCUT2D eigenvalue weighted by molar-refractivity contribution is 5.78. The molecule has 0 aliphatic carbocycles. The van der Waals surface area contributed by atoms with Gasteiger partial charge in [-0.1, -0.05) is 0 Å². The third-order valence-corrected chi connectivity index (χ3v) is 3.28. The lowest BCUT2D eigenvalue weighted by Crippen LogP contribution is -2.47. The molecule has 0 aromatic carbocycles. The van der Waals surface area contributed by atoms with E-state index >= 15 is 0 Å². The summed E-state index contributed by atoms with van der Waals surface area (Å²) in [6.45, 7) is 9.43. The van der Waals surface area contributed by atoms with Crippen LogP contribution < -0.4 is 5.73 Å². The molecule has 16 heavy (non-hydrogen) atoms. The van der Waals surface area contributed by atoms with Gasteiger partial charge in [-0.15, -0.1) is 0 Å². The zero-order valence-corrected chi connectivity index (χ0v) is 10.8. The van der Waals surface area contributed by atoms with E-state index in [4.69, 9.17) is 5.73 Å². The van der Waals surface area contributed by atoms with Gasteiger partial charge in [0.15, 0.2) is 0 Å². The first-order chi connectivity index (χ1) is 7.54. The Labute approximate surface area is 98.8 Å². The van der Waals surface area contributed by atoms with Crippen molar-refractivity contribution in [2.45, 2.75) is 45.7 Å². The van der Waals surface area contributed by atoms with Crippen molar-refractivity contribution < 1.29 is 4.79 Å². The molecular formula is C12H25N3O. The second kappa shape index (κ2) is 6.21. The Kier molecular flexibility index (Phi) is 5.22. The lowest BCUT2D eigenvalue weighted by molar-refractivity contribution is -0.134. The molecule has 0 aromatic rings. The third kappa shape index (κ3) is 3.76. The molecule has 0 bridgehead atoms. The molecule has 1 amide bonds. The fraction of sp³-hybridized carbons (Fsp3) is 0.917. The summed E-state index contributed by atoms with van der Waals surface area (Å²) in [5.41, 5.74) is 5.84. The van der Waals surface area contributed by atoms with E-state index in [1.54, 1.807) is 0 Å². The first kappa shape index (κ1) is 13.5. The van der Waals surface area contributed by atoms with Crippen molar-refractivity contribution in [2.75, 3.05) is 26.2 Å². The SMILES string of the molecule is CCN(C(=O)CN1CCC(N)CC1)C(C)C. The van der Waals surface area contributed by atoms with Crippen LogP contribution in [-0.2, 0) is 4.79 Å². The molecule has 2 N–H and O–H groups in total. The number of nitrogens with two attached hydrogens (primary N) is 1. The predicted molar refractivity (Wildman–Crippen MR) is 66.2 cm³/mol. The van der Waals surface area contributed by atoms with E-state index in [9.17, 15) is 4.79 Å². The minimum Gasteiger partial charge on any atom is -0.339 e. The highest BCUT2D eigenvalue weighted by atomic mass is 16.2. The van der Waals surface area contributed by atoms with E-state index < -0.39 is 0 Å². The maximum absolute atomic E-state index is 12.0. The minimum atomic E-state index is 0.243. The first-order valence-electron chi connectivity index (χ1n) is 6.32. The Balaban J connectivity index is 2.38. The Morgan fingerprint density at radius 1 is 1.44 bits per heavy atom. The Morgan fingerprint density at radius 2 is 2.00 bits per heavy atom. The Morgan fingerprint density at radius 3 is 2.44 bits per heavy atom. The molecule has 4 nitrogen and oxygen atoms in total. The molecule has 0 spiro atoms. The summed E-state index contributed by atoms with van der Waals surface area (Å²) in [7, 11) is 0. The molecule has 0 unspecified atom stereocenters. The second-order valence-electron chi connectivity index (χ2n) is 4.89. The van der Waals surface area contributed by atoms with Gasteiger partial charge < -0.3 is 10.6 Å². The lowest BCUT2D eigenvalue weighted by Gasteiger charge is -2.32. The van der Waals surface area contributed by atoms with Crippen molar-refractivity contribution in [3.8, 4) is 0 Å². The molecule has 1 rings (SSSR count). The molecule has 1 fully saturated rings. The molecule has 1 heterocycles. The Bertz CT molecular complexity index is 222. The quantitative estimate of drug-likeness (QED) is 0.768. The van der Waals surface area contributed by atoms with Crippen LogP contribution in [0.3, 0.4) is 0 Å². The molecule has 4 heteroatoms. The number of hydrogen-bond donors (Lipinski definition) is 1. The van der Waals surface area contributed by atoms with Crippen LogP contribution in [0.4, 0.5) is 0 Å². The molecule has 0 radical (unpaired) electrons. The second-order valence-corrected chi connectivity index (χ2v) is 4.89. The van der Waals surface area contributed by atoms with Crippen LogP contribution in [0, 0.1) is 0 Å². The number of carbonyl (C=O) groups is 1. The van der Waals surface area contributed by atoms with Crippen LogP contribution in [0.25, 0.3) is 0 Å². The largest absolute Gasteiger partial charge is 0.339 e. The van der Waals surface area contributed by atoms with Crippen LogP contribution >= 0.6 is 0 Å². The molecule has 0 aromatic heterocycles. The number of piperidine rings is 1. The van der Waals surface area contributed by atoms with Gasteiger partial charge in [0.05, 0.1) is 6.54 Å². The smallest absolute Gasteiger partial charge is 0.236 e. The van der Waals surface area contributed by atoms with Crippen LogP contribution in [0.2, 0.25) is 0 Å². The number of likely N-dealkylation sites (tertiary alicyclic amines) is 1. The Hall–Kier alpha value is -0.610. The fourth-order valence-electron chi connectivity index (χ4n) is 2.22. The van der Waals surface area contributed by atoms with Crippen molar-refractivity contribution in [1.82, 2.24) is 9.80 Å². The van der Waals surface area contributed by atoms with Gasteiger partial charge >= 0.3 is 0 Å². The van der Waals surface area contributed by atoms with Gasteiger partial charge in [0.2, 0.25) is 5.91 Å². The standard InChI is InChI=1S/C12H25N3O/c1-4-15(10(2)3)12(16)9-14-7-5-11(13)6-8-14/h10-11H,4-9,13H2,1-3H3. The van der Waals surface area contributed by atoms with E-state index in [1.807, 2.05) is 11.8 Å². The summed E-state index contributed by atoms with van der Waals surface area (Å²) < 4.78 is 0. The summed E-state index contributed by atoms with van der Waals surface area (Å²) in [6.07, 6.45) is 2.03. The fourth-order valence-corrected chi connectivity index (χ4v) is 2.22. The maximum Gasteiger partial charge on any atom is 0.236 e. The molecule has 0 atom stereocenters. The van der Waals surface area contributed by atoms with Crippen molar-refractivity contribution in [2.24, 2.45) is 5.73 Å². The summed E-state index contributed by atoms with van der Waals surface area (Å²) in [6, 6.07) is 0.628. The van der Waals surface area contributed by atoms with Crippen LogP contribution in [0.1, 0.15) is 33.6 Å². The number of amides is 1.